The molecule has 0 spiro atoms. The van der Waals surface area contributed by atoms with Crippen molar-refractivity contribution in [2.75, 3.05) is 13.2 Å². The van der Waals surface area contributed by atoms with Crippen LogP contribution in [0.15, 0.2) is 24.3 Å². The average molecular weight is 973 g/mol. The SMILES string of the molecule is CCCC/C=C\CCCCCCCC(=O)OCCCCCCCCCCCCCC/C=C\CCCCCCCCCCCCC(=O)NC(CO)C(O)CCCCCCCCCCCCCCCCC. The summed E-state index contributed by atoms with van der Waals surface area (Å²) < 4.78 is 5.46. The van der Waals surface area contributed by atoms with Gasteiger partial charge in [-0.15, -0.1) is 0 Å². The van der Waals surface area contributed by atoms with Crippen molar-refractivity contribution in [2.45, 2.75) is 353 Å². The van der Waals surface area contributed by atoms with Gasteiger partial charge in [-0.25, -0.2) is 0 Å². The predicted octanol–water partition coefficient (Wildman–Crippen LogP) is 19.4. The fourth-order valence-electron chi connectivity index (χ4n) is 9.68. The first kappa shape index (κ1) is 67.3. The van der Waals surface area contributed by atoms with Crippen molar-refractivity contribution in [3.8, 4) is 0 Å². The van der Waals surface area contributed by atoms with Crippen molar-refractivity contribution < 1.29 is 24.5 Å². The molecule has 0 heterocycles. The van der Waals surface area contributed by atoms with Gasteiger partial charge in [0.15, 0.2) is 0 Å². The van der Waals surface area contributed by atoms with E-state index in [1.807, 2.05) is 0 Å². The number of aliphatic hydroxyl groups excluding tert-OH is 2. The molecule has 0 saturated carbocycles. The molecule has 0 bridgehead atoms. The molecule has 0 aromatic heterocycles. The van der Waals surface area contributed by atoms with E-state index in [4.69, 9.17) is 4.74 Å². The smallest absolute Gasteiger partial charge is 0.305 e. The van der Waals surface area contributed by atoms with Crippen molar-refractivity contribution in [2.24, 2.45) is 0 Å². The van der Waals surface area contributed by atoms with E-state index in [9.17, 15) is 19.8 Å². The zero-order chi connectivity index (χ0) is 50.0. The fourth-order valence-corrected chi connectivity index (χ4v) is 9.68. The van der Waals surface area contributed by atoms with Gasteiger partial charge >= 0.3 is 5.97 Å². The van der Waals surface area contributed by atoms with E-state index in [-0.39, 0.29) is 18.5 Å². The van der Waals surface area contributed by atoms with Crippen LogP contribution in [0.2, 0.25) is 0 Å². The van der Waals surface area contributed by atoms with Crippen LogP contribution in [-0.2, 0) is 14.3 Å². The van der Waals surface area contributed by atoms with Crippen LogP contribution in [0.25, 0.3) is 0 Å². The molecule has 408 valence electrons. The van der Waals surface area contributed by atoms with Crippen LogP contribution in [0.3, 0.4) is 0 Å². The largest absolute Gasteiger partial charge is 0.466 e. The van der Waals surface area contributed by atoms with Gasteiger partial charge in [-0.3, -0.25) is 9.59 Å². The number of carbonyl (C=O) groups excluding carboxylic acids is 2. The second-order valence-electron chi connectivity index (χ2n) is 21.4. The Hall–Kier alpha value is -1.66. The molecule has 0 aliphatic carbocycles. The summed E-state index contributed by atoms with van der Waals surface area (Å²) in [6, 6.07) is -0.542. The number of ether oxygens (including phenoxy) is 1. The number of nitrogens with one attached hydrogen (secondary N) is 1. The molecule has 0 fully saturated rings. The monoisotopic (exact) mass is 972 g/mol. The third kappa shape index (κ3) is 55.5. The van der Waals surface area contributed by atoms with E-state index in [1.165, 1.54) is 263 Å². The number of hydrogen-bond acceptors (Lipinski definition) is 5. The van der Waals surface area contributed by atoms with Crippen molar-refractivity contribution in [1.82, 2.24) is 5.32 Å². The average Bonchev–Trinajstić information content (AvgIpc) is 3.35. The number of hydrogen-bond donors (Lipinski definition) is 3. The third-order valence-corrected chi connectivity index (χ3v) is 14.5. The Labute approximate surface area is 431 Å². The second kappa shape index (κ2) is 58.9. The van der Waals surface area contributed by atoms with Gasteiger partial charge < -0.3 is 20.3 Å². The molecular formula is C63H121NO5. The van der Waals surface area contributed by atoms with Crippen molar-refractivity contribution in [1.29, 1.82) is 0 Å². The second-order valence-corrected chi connectivity index (χ2v) is 21.4. The van der Waals surface area contributed by atoms with Gasteiger partial charge in [0.05, 0.1) is 25.4 Å². The van der Waals surface area contributed by atoms with Gasteiger partial charge in [-0.2, -0.15) is 0 Å². The number of allylic oxidation sites excluding steroid dienone is 4. The Morgan fingerprint density at radius 3 is 1.07 bits per heavy atom. The lowest BCUT2D eigenvalue weighted by Gasteiger charge is -2.22. The van der Waals surface area contributed by atoms with E-state index in [0.29, 0.717) is 25.9 Å². The van der Waals surface area contributed by atoms with Crippen LogP contribution in [0.4, 0.5) is 0 Å². The lowest BCUT2D eigenvalue weighted by Crippen LogP contribution is -2.45. The maximum absolute atomic E-state index is 12.5. The summed E-state index contributed by atoms with van der Waals surface area (Å²) in [5.74, 6) is -0.0315. The number of esters is 1. The predicted molar refractivity (Wildman–Crippen MR) is 301 cm³/mol. The Morgan fingerprint density at radius 2 is 0.696 bits per heavy atom. The first-order valence-electron chi connectivity index (χ1n) is 31.1. The minimum Gasteiger partial charge on any atom is -0.466 e. The molecule has 6 nitrogen and oxygen atoms in total. The molecule has 0 radical (unpaired) electrons. The molecule has 2 atom stereocenters. The van der Waals surface area contributed by atoms with Gasteiger partial charge in [0, 0.05) is 12.8 Å². The van der Waals surface area contributed by atoms with Gasteiger partial charge in [-0.05, 0) is 70.6 Å². The van der Waals surface area contributed by atoms with Crippen LogP contribution >= 0.6 is 0 Å². The summed E-state index contributed by atoms with van der Waals surface area (Å²) >= 11 is 0. The molecule has 0 aliphatic heterocycles. The number of unbranched alkanes of at least 4 members (excludes halogenated alkanes) is 43. The van der Waals surface area contributed by atoms with Gasteiger partial charge in [0.2, 0.25) is 5.91 Å². The topological polar surface area (TPSA) is 95.9 Å². The highest BCUT2D eigenvalue weighted by Crippen LogP contribution is 2.18. The normalized spacial score (nSPS) is 12.7. The maximum Gasteiger partial charge on any atom is 0.305 e. The molecule has 69 heavy (non-hydrogen) atoms. The van der Waals surface area contributed by atoms with Crippen molar-refractivity contribution in [3.63, 3.8) is 0 Å². The third-order valence-electron chi connectivity index (χ3n) is 14.5. The minimum absolute atomic E-state index is 0.00340. The zero-order valence-corrected chi connectivity index (χ0v) is 46.6. The molecule has 2 unspecified atom stereocenters. The summed E-state index contributed by atoms with van der Waals surface area (Å²) in [7, 11) is 0. The first-order chi connectivity index (χ1) is 34.0. The summed E-state index contributed by atoms with van der Waals surface area (Å²) in [5, 5.41) is 23.3. The van der Waals surface area contributed by atoms with E-state index in [1.54, 1.807) is 0 Å². The minimum atomic E-state index is -0.665. The lowest BCUT2D eigenvalue weighted by atomic mass is 10.0. The van der Waals surface area contributed by atoms with Crippen molar-refractivity contribution >= 4 is 11.9 Å². The molecular weight excluding hydrogens is 851 g/mol. The van der Waals surface area contributed by atoms with E-state index in [0.717, 1.165) is 44.9 Å². The van der Waals surface area contributed by atoms with Crippen LogP contribution < -0.4 is 5.32 Å². The maximum atomic E-state index is 12.5. The summed E-state index contributed by atoms with van der Waals surface area (Å²) in [4.78, 5) is 24.5. The fraction of sp³-hybridized carbons (Fsp3) is 0.905. The Balaban J connectivity index is 3.39. The number of amides is 1. The van der Waals surface area contributed by atoms with Crippen LogP contribution in [0, 0.1) is 0 Å². The number of carbonyl (C=O) groups is 2. The quantitative estimate of drug-likeness (QED) is 0.0321. The Bertz CT molecular complexity index is 1080. The van der Waals surface area contributed by atoms with Gasteiger partial charge in [0.25, 0.3) is 0 Å². The first-order valence-corrected chi connectivity index (χ1v) is 31.1. The Kier molecular flexibility index (Phi) is 57.5. The van der Waals surface area contributed by atoms with Crippen LogP contribution in [0.1, 0.15) is 341 Å². The molecule has 1 amide bonds. The van der Waals surface area contributed by atoms with Crippen molar-refractivity contribution in [3.05, 3.63) is 24.3 Å². The summed E-state index contributed by atoms with van der Waals surface area (Å²) in [6.07, 6.45) is 71.9. The molecule has 0 aromatic rings. The van der Waals surface area contributed by atoms with E-state index < -0.39 is 12.1 Å². The van der Waals surface area contributed by atoms with Crippen LogP contribution in [0.5, 0.6) is 0 Å². The molecule has 0 saturated heterocycles. The highest BCUT2D eigenvalue weighted by molar-refractivity contribution is 5.76. The van der Waals surface area contributed by atoms with Crippen LogP contribution in [-0.4, -0.2) is 47.4 Å². The molecule has 6 heteroatoms. The molecule has 0 rings (SSSR count). The molecule has 0 aromatic carbocycles. The molecule has 3 N–H and O–H groups in total. The number of aliphatic hydroxyl groups is 2. The number of rotatable bonds is 58. The highest BCUT2D eigenvalue weighted by atomic mass is 16.5. The highest BCUT2D eigenvalue weighted by Gasteiger charge is 2.20. The summed E-state index contributed by atoms with van der Waals surface area (Å²) in [6.45, 7) is 4.93. The van der Waals surface area contributed by atoms with Gasteiger partial charge in [-0.1, -0.05) is 282 Å². The van der Waals surface area contributed by atoms with Gasteiger partial charge in [0.1, 0.15) is 0 Å². The summed E-state index contributed by atoms with van der Waals surface area (Å²) in [5.41, 5.74) is 0. The lowest BCUT2D eigenvalue weighted by molar-refractivity contribution is -0.143. The molecule has 0 aliphatic rings. The zero-order valence-electron chi connectivity index (χ0n) is 46.6. The van der Waals surface area contributed by atoms with E-state index >= 15 is 0 Å². The standard InChI is InChI=1S/C63H121NO5/c1-3-5-7-9-11-13-15-16-29-32-36-39-43-47-51-55-61(66)60(59-65)64-62(67)56-52-48-44-40-37-33-30-27-25-23-21-19-17-18-20-22-24-26-28-31-34-38-42-46-50-54-58-69-63(68)57-53-49-45-41-35-14-12-10-8-6-4-2/h10,12,17,19,60-61,65-66H,3-9,11,13-16,18,20-59H2,1-2H3,(H,64,67)/b12-10-,19-17-. The Morgan fingerprint density at radius 1 is 0.391 bits per heavy atom. The van der Waals surface area contributed by atoms with E-state index in [2.05, 4.69) is 43.5 Å².